The van der Waals surface area contributed by atoms with Crippen LogP contribution < -0.4 is 14.2 Å². The zero-order chi connectivity index (χ0) is 27.5. The summed E-state index contributed by atoms with van der Waals surface area (Å²) in [7, 11) is 1.60. The minimum Gasteiger partial charge on any atom is -0.493 e. The monoisotopic (exact) mass is 536 g/mol. The Morgan fingerprint density at radius 1 is 0.897 bits per heavy atom. The van der Waals surface area contributed by atoms with E-state index in [9.17, 15) is 9.59 Å². The molecule has 0 spiro atoms. The Balaban J connectivity index is 1.58. The van der Waals surface area contributed by atoms with Gasteiger partial charge in [0.25, 0.3) is 11.8 Å². The summed E-state index contributed by atoms with van der Waals surface area (Å²) in [5.41, 5.74) is 0.613. The maximum absolute atomic E-state index is 13.7. The maximum atomic E-state index is 13.7. The molecule has 2 aromatic carbocycles. The van der Waals surface area contributed by atoms with Crippen LogP contribution in [0.25, 0.3) is 0 Å². The Labute approximate surface area is 233 Å². The summed E-state index contributed by atoms with van der Waals surface area (Å²) in [4.78, 5) is 31.3. The van der Waals surface area contributed by atoms with Crippen molar-refractivity contribution in [1.82, 2.24) is 9.80 Å². The Morgan fingerprint density at radius 2 is 1.59 bits per heavy atom. The minimum absolute atomic E-state index is 0.0350. The van der Waals surface area contributed by atoms with Crippen LogP contribution in [-0.2, 0) is 4.79 Å². The third-order valence-electron chi connectivity index (χ3n) is 7.81. The van der Waals surface area contributed by atoms with Crippen molar-refractivity contribution in [3.63, 3.8) is 0 Å². The molecule has 1 aliphatic heterocycles. The van der Waals surface area contributed by atoms with Crippen LogP contribution in [0.15, 0.2) is 48.5 Å². The summed E-state index contributed by atoms with van der Waals surface area (Å²) in [6.07, 6.45) is 9.71. The highest BCUT2D eigenvalue weighted by atomic mass is 16.5. The molecule has 2 amide bonds. The number of methoxy groups -OCH3 is 1. The van der Waals surface area contributed by atoms with Crippen molar-refractivity contribution in [3.8, 4) is 17.2 Å². The lowest BCUT2D eigenvalue weighted by atomic mass is 9.90. The Morgan fingerprint density at radius 3 is 2.38 bits per heavy atom. The van der Waals surface area contributed by atoms with E-state index < -0.39 is 0 Å². The van der Waals surface area contributed by atoms with Crippen LogP contribution in [0.3, 0.4) is 0 Å². The van der Waals surface area contributed by atoms with E-state index in [0.717, 1.165) is 77.3 Å². The van der Waals surface area contributed by atoms with E-state index in [1.165, 1.54) is 0 Å². The van der Waals surface area contributed by atoms with Gasteiger partial charge in [0.15, 0.2) is 18.1 Å². The van der Waals surface area contributed by atoms with Gasteiger partial charge in [-0.2, -0.15) is 0 Å². The van der Waals surface area contributed by atoms with Crippen molar-refractivity contribution in [2.45, 2.75) is 83.3 Å². The van der Waals surface area contributed by atoms with Gasteiger partial charge in [-0.05, 0) is 62.8 Å². The lowest BCUT2D eigenvalue weighted by Crippen LogP contribution is -2.52. The molecule has 7 heteroatoms. The van der Waals surface area contributed by atoms with Crippen LogP contribution in [0.4, 0.5) is 0 Å². The second-order valence-corrected chi connectivity index (χ2v) is 10.6. The van der Waals surface area contributed by atoms with Gasteiger partial charge in [-0.3, -0.25) is 9.59 Å². The van der Waals surface area contributed by atoms with Gasteiger partial charge in [0, 0.05) is 19.6 Å². The van der Waals surface area contributed by atoms with Crippen molar-refractivity contribution >= 4 is 11.8 Å². The molecular weight excluding hydrogens is 492 g/mol. The number of fused-ring (bicyclic) bond motifs is 2. The van der Waals surface area contributed by atoms with E-state index in [2.05, 4.69) is 6.92 Å². The standard InChI is InChI=1S/C32H44N2O5/c1-3-21-33-22-13-5-4-6-14-23-34(31(35)24-38-30-20-12-11-19-29(30)37-2)26-16-8-10-18-28(26)39-27-17-9-7-15-25(27)32(33)36/h7,9,11-12,15,17,19-20,26,28H,3-6,8,10,13-14,16,18,21-24H2,1-2H3/t26-,28+/m1/s1. The van der Waals surface area contributed by atoms with E-state index in [1.807, 2.05) is 58.3 Å². The van der Waals surface area contributed by atoms with Crippen molar-refractivity contribution in [3.05, 3.63) is 54.1 Å². The Kier molecular flexibility index (Phi) is 10.9. The molecule has 0 radical (unpaired) electrons. The number of benzene rings is 2. The van der Waals surface area contributed by atoms with E-state index >= 15 is 0 Å². The van der Waals surface area contributed by atoms with Crippen LogP contribution >= 0.6 is 0 Å². The fourth-order valence-electron chi connectivity index (χ4n) is 5.79. The summed E-state index contributed by atoms with van der Waals surface area (Å²) in [6.45, 7) is 4.25. The van der Waals surface area contributed by atoms with Crippen molar-refractivity contribution < 1.29 is 23.8 Å². The number of rotatable bonds is 6. The number of hydrogen-bond donors (Lipinski definition) is 0. The Bertz CT molecular complexity index is 1070. The van der Waals surface area contributed by atoms with Gasteiger partial charge in [-0.1, -0.05) is 56.9 Å². The molecule has 1 saturated carbocycles. The predicted octanol–water partition coefficient (Wildman–Crippen LogP) is 6.11. The Hall–Kier alpha value is -3.22. The number of hydrogen-bond acceptors (Lipinski definition) is 5. The van der Waals surface area contributed by atoms with Gasteiger partial charge >= 0.3 is 0 Å². The van der Waals surface area contributed by atoms with Crippen molar-refractivity contribution in [1.29, 1.82) is 0 Å². The molecule has 1 aliphatic carbocycles. The molecule has 1 fully saturated rings. The topological polar surface area (TPSA) is 68.3 Å². The first-order valence-electron chi connectivity index (χ1n) is 14.7. The fourth-order valence-corrected chi connectivity index (χ4v) is 5.79. The fraction of sp³-hybridized carbons (Fsp3) is 0.562. The second-order valence-electron chi connectivity index (χ2n) is 10.6. The molecule has 39 heavy (non-hydrogen) atoms. The quantitative estimate of drug-likeness (QED) is 0.446. The summed E-state index contributed by atoms with van der Waals surface area (Å²) >= 11 is 0. The van der Waals surface area contributed by atoms with Gasteiger partial charge in [-0.15, -0.1) is 0 Å². The number of carbonyl (C=O) groups is 2. The van der Waals surface area contributed by atoms with Crippen LogP contribution in [0.5, 0.6) is 17.2 Å². The molecule has 2 aromatic rings. The molecule has 0 saturated heterocycles. The number of carbonyl (C=O) groups excluding carboxylic acids is 2. The number of ether oxygens (including phenoxy) is 3. The third-order valence-corrected chi connectivity index (χ3v) is 7.81. The average molecular weight is 537 g/mol. The van der Waals surface area contributed by atoms with E-state index in [0.29, 0.717) is 29.4 Å². The summed E-state index contributed by atoms with van der Waals surface area (Å²) < 4.78 is 18.0. The molecule has 7 nitrogen and oxygen atoms in total. The van der Waals surface area contributed by atoms with E-state index in [-0.39, 0.29) is 30.6 Å². The summed E-state index contributed by atoms with van der Waals surface area (Å²) in [5, 5.41) is 0. The van der Waals surface area contributed by atoms with Gasteiger partial charge < -0.3 is 24.0 Å². The minimum atomic E-state index is -0.173. The first kappa shape index (κ1) is 28.8. The highest BCUT2D eigenvalue weighted by Gasteiger charge is 2.35. The van der Waals surface area contributed by atoms with Gasteiger partial charge in [-0.25, -0.2) is 0 Å². The first-order chi connectivity index (χ1) is 19.1. The van der Waals surface area contributed by atoms with Crippen LogP contribution in [0.1, 0.15) is 81.5 Å². The van der Waals surface area contributed by atoms with Crippen molar-refractivity contribution in [2.75, 3.05) is 33.4 Å². The number of para-hydroxylation sites is 3. The lowest BCUT2D eigenvalue weighted by molar-refractivity contribution is -0.139. The third kappa shape index (κ3) is 7.68. The van der Waals surface area contributed by atoms with Crippen LogP contribution in [0.2, 0.25) is 0 Å². The SMILES string of the molecule is CCCN1CCCCCCCN(C(=O)COc2ccccc2OC)[C@@H]2CCCC[C@@H]2Oc2ccccc2C1=O. The maximum Gasteiger partial charge on any atom is 0.260 e. The van der Waals surface area contributed by atoms with Crippen LogP contribution in [0, 0.1) is 0 Å². The van der Waals surface area contributed by atoms with Gasteiger partial charge in [0.05, 0.1) is 18.7 Å². The largest absolute Gasteiger partial charge is 0.493 e. The molecule has 0 unspecified atom stereocenters. The van der Waals surface area contributed by atoms with Crippen LogP contribution in [-0.4, -0.2) is 67.1 Å². The molecule has 2 aliphatic rings. The van der Waals surface area contributed by atoms with Crippen molar-refractivity contribution in [2.24, 2.45) is 0 Å². The molecule has 1 heterocycles. The smallest absolute Gasteiger partial charge is 0.260 e. The predicted molar refractivity (Wildman–Crippen MR) is 153 cm³/mol. The molecular formula is C32H44N2O5. The molecule has 2 atom stereocenters. The summed E-state index contributed by atoms with van der Waals surface area (Å²) in [6, 6.07) is 14.9. The average Bonchev–Trinajstić information content (AvgIpc) is 2.97. The van der Waals surface area contributed by atoms with Gasteiger partial charge in [0.2, 0.25) is 0 Å². The van der Waals surface area contributed by atoms with Gasteiger partial charge in [0.1, 0.15) is 11.9 Å². The number of amides is 2. The molecule has 4 rings (SSSR count). The molecule has 212 valence electrons. The lowest BCUT2D eigenvalue weighted by Gasteiger charge is -2.40. The summed E-state index contributed by atoms with van der Waals surface area (Å²) in [5.74, 6) is 1.79. The highest BCUT2D eigenvalue weighted by Crippen LogP contribution is 2.31. The van der Waals surface area contributed by atoms with E-state index in [4.69, 9.17) is 14.2 Å². The zero-order valence-electron chi connectivity index (χ0n) is 23.6. The highest BCUT2D eigenvalue weighted by molar-refractivity contribution is 5.97. The molecule has 0 bridgehead atoms. The van der Waals surface area contributed by atoms with E-state index in [1.54, 1.807) is 7.11 Å². The normalized spacial score (nSPS) is 21.0. The first-order valence-corrected chi connectivity index (χ1v) is 14.7. The molecule has 0 N–H and O–H groups in total. The number of nitrogens with zero attached hydrogens (tertiary/aromatic N) is 2. The molecule has 0 aromatic heterocycles. The second kappa shape index (κ2) is 14.8. The zero-order valence-corrected chi connectivity index (χ0v) is 23.6.